The fraction of sp³-hybridized carbons (Fsp3) is 0.909. The molecule has 1 rings (SSSR count). The van der Waals surface area contributed by atoms with Gasteiger partial charge in [-0.2, -0.15) is 0 Å². The zero-order valence-corrected chi connectivity index (χ0v) is 10.7. The summed E-state index contributed by atoms with van der Waals surface area (Å²) in [4.78, 5) is 11.5. The molecule has 5 nitrogen and oxygen atoms in total. The predicted octanol–water partition coefficient (Wildman–Crippen LogP) is 1.11. The molecule has 0 radical (unpaired) electrons. The van der Waals surface area contributed by atoms with Crippen LogP contribution < -0.4 is 10.7 Å². The second-order valence-electron chi connectivity index (χ2n) is 5.13. The molecule has 0 unspecified atom stereocenters. The summed E-state index contributed by atoms with van der Waals surface area (Å²) in [6, 6.07) is 0.236. The minimum Gasteiger partial charge on any atom is -0.444 e. The summed E-state index contributed by atoms with van der Waals surface area (Å²) in [6.07, 6.45) is 1.61. The maximum atomic E-state index is 11.5. The average molecular weight is 229 g/mol. The lowest BCUT2D eigenvalue weighted by molar-refractivity contribution is 0.0468. The van der Waals surface area contributed by atoms with Crippen molar-refractivity contribution in [1.82, 2.24) is 15.8 Å². The molecule has 0 aromatic carbocycles. The highest BCUT2D eigenvalue weighted by atomic mass is 16.6. The molecule has 1 heterocycles. The van der Waals surface area contributed by atoms with Gasteiger partial charge in [-0.15, -0.1) is 0 Å². The maximum Gasteiger partial charge on any atom is 0.407 e. The summed E-state index contributed by atoms with van der Waals surface area (Å²) in [7, 11) is 1.92. The Labute approximate surface area is 97.5 Å². The molecule has 5 heteroatoms. The Morgan fingerprint density at radius 2 is 1.88 bits per heavy atom. The second kappa shape index (κ2) is 5.50. The normalized spacial score (nSPS) is 19.5. The van der Waals surface area contributed by atoms with E-state index in [1.807, 2.05) is 27.8 Å². The Bertz CT molecular complexity index is 230. The van der Waals surface area contributed by atoms with Crippen molar-refractivity contribution in [2.24, 2.45) is 0 Å². The number of hydrogen-bond donors (Lipinski definition) is 2. The Morgan fingerprint density at radius 1 is 1.31 bits per heavy atom. The summed E-state index contributed by atoms with van der Waals surface area (Å²) in [6.45, 7) is 7.52. The van der Waals surface area contributed by atoms with Crippen molar-refractivity contribution < 1.29 is 9.53 Å². The third kappa shape index (κ3) is 4.81. The number of piperidine rings is 1. The van der Waals surface area contributed by atoms with E-state index in [-0.39, 0.29) is 12.1 Å². The van der Waals surface area contributed by atoms with E-state index in [0.29, 0.717) is 0 Å². The van der Waals surface area contributed by atoms with Gasteiger partial charge in [-0.25, -0.2) is 9.80 Å². The van der Waals surface area contributed by atoms with E-state index < -0.39 is 5.60 Å². The lowest BCUT2D eigenvalue weighted by Crippen LogP contribution is -2.49. The van der Waals surface area contributed by atoms with Gasteiger partial charge in [-0.3, -0.25) is 5.43 Å². The van der Waals surface area contributed by atoms with Crippen LogP contribution in [0.25, 0.3) is 0 Å². The van der Waals surface area contributed by atoms with Crippen LogP contribution >= 0.6 is 0 Å². The first-order chi connectivity index (χ1) is 7.40. The molecule has 0 saturated carbocycles. The van der Waals surface area contributed by atoms with Gasteiger partial charge in [0.15, 0.2) is 0 Å². The number of nitrogens with zero attached hydrogens (tertiary/aromatic N) is 1. The molecule has 94 valence electrons. The van der Waals surface area contributed by atoms with Crippen molar-refractivity contribution in [2.75, 3.05) is 20.1 Å². The number of nitrogens with one attached hydrogen (secondary N) is 2. The van der Waals surface area contributed by atoms with Gasteiger partial charge in [-0.1, -0.05) is 0 Å². The standard InChI is InChI=1S/C11H23N3O2/c1-11(2,3)16-10(15)13-9-5-7-14(12-4)8-6-9/h9,12H,5-8H2,1-4H3,(H,13,15). The van der Waals surface area contributed by atoms with Crippen LogP contribution in [0.2, 0.25) is 0 Å². The molecule has 0 aliphatic carbocycles. The monoisotopic (exact) mass is 229 g/mol. The lowest BCUT2D eigenvalue weighted by Gasteiger charge is -2.32. The van der Waals surface area contributed by atoms with E-state index in [4.69, 9.17) is 4.74 Å². The lowest BCUT2D eigenvalue weighted by atomic mass is 10.1. The second-order valence-corrected chi connectivity index (χ2v) is 5.13. The highest BCUT2D eigenvalue weighted by molar-refractivity contribution is 5.68. The third-order valence-corrected chi connectivity index (χ3v) is 2.53. The zero-order chi connectivity index (χ0) is 12.2. The van der Waals surface area contributed by atoms with E-state index in [0.717, 1.165) is 25.9 Å². The summed E-state index contributed by atoms with van der Waals surface area (Å²) in [5.41, 5.74) is 2.68. The highest BCUT2D eigenvalue weighted by Crippen LogP contribution is 2.10. The fourth-order valence-electron chi connectivity index (χ4n) is 1.72. The molecule has 16 heavy (non-hydrogen) atoms. The van der Waals surface area contributed by atoms with Crippen LogP contribution in [0, 0.1) is 0 Å². The molecule has 1 amide bonds. The third-order valence-electron chi connectivity index (χ3n) is 2.53. The summed E-state index contributed by atoms with van der Waals surface area (Å²) >= 11 is 0. The van der Waals surface area contributed by atoms with Crippen LogP contribution in [0.1, 0.15) is 33.6 Å². The van der Waals surface area contributed by atoms with Crippen LogP contribution in [0.15, 0.2) is 0 Å². The molecular formula is C11H23N3O2. The van der Waals surface area contributed by atoms with Crippen LogP contribution in [-0.2, 0) is 4.74 Å². The fourth-order valence-corrected chi connectivity index (χ4v) is 1.72. The molecule has 0 aromatic heterocycles. The molecule has 1 fully saturated rings. The summed E-state index contributed by atoms with van der Waals surface area (Å²) < 4.78 is 5.21. The minimum atomic E-state index is -0.421. The number of alkyl carbamates (subject to hydrolysis) is 1. The van der Waals surface area contributed by atoms with E-state index >= 15 is 0 Å². The van der Waals surface area contributed by atoms with Gasteiger partial charge in [0.05, 0.1) is 0 Å². The Balaban J connectivity index is 2.26. The van der Waals surface area contributed by atoms with Crippen molar-refractivity contribution in [1.29, 1.82) is 0 Å². The number of hydrogen-bond acceptors (Lipinski definition) is 4. The van der Waals surface area contributed by atoms with Crippen molar-refractivity contribution in [3.05, 3.63) is 0 Å². The number of carbonyl (C=O) groups excluding carboxylic acids is 1. The summed E-state index contributed by atoms with van der Waals surface area (Å²) in [5.74, 6) is 0. The number of amides is 1. The van der Waals surface area contributed by atoms with Crippen LogP contribution in [0.4, 0.5) is 4.79 Å². The SMILES string of the molecule is CNN1CCC(NC(=O)OC(C)(C)C)CC1. The average Bonchev–Trinajstić information content (AvgIpc) is 2.16. The van der Waals surface area contributed by atoms with Gasteiger partial charge >= 0.3 is 6.09 Å². The minimum absolute atomic E-state index is 0.236. The maximum absolute atomic E-state index is 11.5. The number of hydrazine groups is 1. The molecule has 1 saturated heterocycles. The van der Waals surface area contributed by atoms with Gasteiger partial charge in [0.2, 0.25) is 0 Å². The molecule has 1 aliphatic rings. The number of ether oxygens (including phenoxy) is 1. The molecular weight excluding hydrogens is 206 g/mol. The molecule has 0 aromatic rings. The molecule has 2 N–H and O–H groups in total. The van der Waals surface area contributed by atoms with Crippen LogP contribution in [0.5, 0.6) is 0 Å². The first kappa shape index (κ1) is 13.3. The Morgan fingerprint density at radius 3 is 2.31 bits per heavy atom. The molecule has 1 aliphatic heterocycles. The molecule has 0 atom stereocenters. The smallest absolute Gasteiger partial charge is 0.407 e. The first-order valence-corrected chi connectivity index (χ1v) is 5.82. The van der Waals surface area contributed by atoms with Gasteiger partial charge in [0.1, 0.15) is 5.60 Å². The Kier molecular flexibility index (Phi) is 4.56. The van der Waals surface area contributed by atoms with Gasteiger partial charge < -0.3 is 10.1 Å². The topological polar surface area (TPSA) is 53.6 Å². The number of rotatable bonds is 2. The Hall–Kier alpha value is -0.810. The van der Waals surface area contributed by atoms with E-state index in [1.54, 1.807) is 0 Å². The quantitative estimate of drug-likeness (QED) is 0.745. The van der Waals surface area contributed by atoms with E-state index in [9.17, 15) is 4.79 Å². The summed E-state index contributed by atoms with van der Waals surface area (Å²) in [5, 5.41) is 5.05. The van der Waals surface area contributed by atoms with Crippen molar-refractivity contribution >= 4 is 6.09 Å². The molecule has 0 spiro atoms. The first-order valence-electron chi connectivity index (χ1n) is 5.82. The van der Waals surface area contributed by atoms with Crippen molar-refractivity contribution in [2.45, 2.75) is 45.3 Å². The van der Waals surface area contributed by atoms with Crippen molar-refractivity contribution in [3.63, 3.8) is 0 Å². The number of carbonyl (C=O) groups is 1. The highest BCUT2D eigenvalue weighted by Gasteiger charge is 2.22. The van der Waals surface area contributed by atoms with Crippen LogP contribution in [0.3, 0.4) is 0 Å². The van der Waals surface area contributed by atoms with Gasteiger partial charge in [-0.05, 0) is 40.7 Å². The van der Waals surface area contributed by atoms with Gasteiger partial charge in [0.25, 0.3) is 0 Å². The zero-order valence-electron chi connectivity index (χ0n) is 10.7. The van der Waals surface area contributed by atoms with Gasteiger partial charge in [0, 0.05) is 19.1 Å². The molecule has 0 bridgehead atoms. The van der Waals surface area contributed by atoms with E-state index in [1.165, 1.54) is 0 Å². The predicted molar refractivity (Wildman–Crippen MR) is 63.0 cm³/mol. The van der Waals surface area contributed by atoms with Crippen LogP contribution in [-0.4, -0.2) is 42.9 Å². The van der Waals surface area contributed by atoms with E-state index in [2.05, 4.69) is 15.8 Å². The van der Waals surface area contributed by atoms with Crippen molar-refractivity contribution in [3.8, 4) is 0 Å². The largest absolute Gasteiger partial charge is 0.444 e.